The number of fused-ring (bicyclic) bond motifs is 20. The van der Waals surface area contributed by atoms with Crippen LogP contribution in [0.15, 0.2) is 209 Å². The van der Waals surface area contributed by atoms with Crippen molar-refractivity contribution < 1.29 is 8.83 Å². The molecule has 0 atom stereocenters. The number of hydrogen-bond donors (Lipinski definition) is 0. The van der Waals surface area contributed by atoms with Gasteiger partial charge in [0.1, 0.15) is 22.3 Å². The lowest BCUT2D eigenvalue weighted by molar-refractivity contribution is 0.668. The Bertz CT molecular complexity index is 4340. The lowest BCUT2D eigenvalue weighted by Crippen LogP contribution is -2.25. The number of hydrogen-bond acceptors (Lipinski definition) is 2. The van der Waals surface area contributed by atoms with Crippen LogP contribution in [0.4, 0.5) is 0 Å². The van der Waals surface area contributed by atoms with Gasteiger partial charge in [-0.15, -0.1) is 0 Å². The van der Waals surface area contributed by atoms with Crippen molar-refractivity contribution in [1.82, 2.24) is 4.57 Å². The Morgan fingerprint density at radius 1 is 0.328 bits per heavy atom. The van der Waals surface area contributed by atoms with Crippen molar-refractivity contribution in [2.45, 2.75) is 5.41 Å². The van der Waals surface area contributed by atoms with Gasteiger partial charge in [0.25, 0.3) is 0 Å². The van der Waals surface area contributed by atoms with E-state index in [2.05, 4.69) is 205 Å². The summed E-state index contributed by atoms with van der Waals surface area (Å²) in [5.41, 5.74) is 19.5. The molecule has 3 nitrogen and oxygen atoms in total. The molecular weight excluding hydrogens is 779 g/mol. The van der Waals surface area contributed by atoms with Crippen LogP contribution in [0.2, 0.25) is 0 Å². The van der Waals surface area contributed by atoms with Gasteiger partial charge in [0.2, 0.25) is 0 Å². The molecule has 0 radical (unpaired) electrons. The SMILES string of the molecule is c1ccc2c(c1)-c1ccccc1C21c2ccccc2-c2c1ccc1c3ccccc3n(-c3cccc4oc5cc(-c6cccc7c8cccc9oc%10cccc(c67)c%10c98)ccc5c34)c21. The van der Waals surface area contributed by atoms with Crippen LogP contribution in [0.1, 0.15) is 22.3 Å². The van der Waals surface area contributed by atoms with Crippen LogP contribution in [-0.2, 0) is 5.41 Å². The van der Waals surface area contributed by atoms with Gasteiger partial charge in [0.05, 0.1) is 27.5 Å². The summed E-state index contributed by atoms with van der Waals surface area (Å²) in [4.78, 5) is 0. The quantitative estimate of drug-likeness (QED) is 0.163. The molecule has 0 saturated heterocycles. The second kappa shape index (κ2) is 11.5. The van der Waals surface area contributed by atoms with E-state index in [1.165, 1.54) is 104 Å². The fraction of sp³-hybridized carbons (Fsp3) is 0.0164. The third kappa shape index (κ3) is 3.80. The Kier molecular flexibility index (Phi) is 6.00. The monoisotopic (exact) mass is 811 g/mol. The van der Waals surface area contributed by atoms with Gasteiger partial charge in [0.15, 0.2) is 0 Å². The van der Waals surface area contributed by atoms with E-state index in [0.717, 1.165) is 44.4 Å². The summed E-state index contributed by atoms with van der Waals surface area (Å²) in [6.07, 6.45) is 0. The maximum atomic E-state index is 6.94. The molecule has 1 spiro atoms. The van der Waals surface area contributed by atoms with Gasteiger partial charge in [-0.25, -0.2) is 0 Å². The van der Waals surface area contributed by atoms with Gasteiger partial charge >= 0.3 is 0 Å². The van der Waals surface area contributed by atoms with Crippen molar-refractivity contribution in [1.29, 1.82) is 0 Å². The first-order chi connectivity index (χ1) is 31.8. The Labute approximate surface area is 366 Å². The molecule has 294 valence electrons. The summed E-state index contributed by atoms with van der Waals surface area (Å²) in [5.74, 6) is 0. The van der Waals surface area contributed by atoms with E-state index in [1.807, 2.05) is 0 Å². The van der Waals surface area contributed by atoms with E-state index < -0.39 is 5.41 Å². The van der Waals surface area contributed by atoms with Crippen LogP contribution in [0.5, 0.6) is 0 Å². The number of benzene rings is 11. The molecule has 3 heterocycles. The second-order valence-electron chi connectivity index (χ2n) is 17.8. The highest BCUT2D eigenvalue weighted by molar-refractivity contribution is 6.35. The molecule has 0 unspecified atom stereocenters. The Morgan fingerprint density at radius 2 is 0.875 bits per heavy atom. The van der Waals surface area contributed by atoms with Crippen LogP contribution in [0.3, 0.4) is 0 Å². The predicted molar refractivity (Wildman–Crippen MR) is 263 cm³/mol. The second-order valence-corrected chi connectivity index (χ2v) is 17.8. The summed E-state index contributed by atoms with van der Waals surface area (Å²) in [6, 6.07) is 73.9. The highest BCUT2D eigenvalue weighted by Crippen LogP contribution is 2.64. The van der Waals surface area contributed by atoms with Gasteiger partial charge in [-0.1, -0.05) is 158 Å². The molecule has 14 aromatic rings. The first kappa shape index (κ1) is 33.3. The Hall–Kier alpha value is -8.40. The van der Waals surface area contributed by atoms with Crippen molar-refractivity contribution in [3.05, 3.63) is 222 Å². The van der Waals surface area contributed by atoms with Crippen LogP contribution >= 0.6 is 0 Å². The number of aromatic nitrogens is 1. The summed E-state index contributed by atoms with van der Waals surface area (Å²) in [5, 5.41) is 12.0. The van der Waals surface area contributed by atoms with Crippen molar-refractivity contribution in [3.63, 3.8) is 0 Å². The third-order valence-electron chi connectivity index (χ3n) is 15.0. The van der Waals surface area contributed by atoms with Crippen LogP contribution in [-0.4, -0.2) is 4.57 Å². The minimum absolute atomic E-state index is 0.437. The maximum Gasteiger partial charge on any atom is 0.137 e. The highest BCUT2D eigenvalue weighted by atomic mass is 16.3. The lowest BCUT2D eigenvalue weighted by atomic mass is 9.70. The summed E-state index contributed by atoms with van der Waals surface area (Å²) >= 11 is 0. The largest absolute Gasteiger partial charge is 0.456 e. The normalized spacial score (nSPS) is 13.8. The van der Waals surface area contributed by atoms with E-state index in [-0.39, 0.29) is 0 Å². The van der Waals surface area contributed by atoms with E-state index >= 15 is 0 Å². The van der Waals surface area contributed by atoms with Crippen LogP contribution < -0.4 is 0 Å². The molecule has 64 heavy (non-hydrogen) atoms. The lowest BCUT2D eigenvalue weighted by Gasteiger charge is -2.30. The molecule has 2 aliphatic carbocycles. The van der Waals surface area contributed by atoms with Crippen LogP contribution in [0, 0.1) is 0 Å². The molecule has 16 rings (SSSR count). The van der Waals surface area contributed by atoms with E-state index in [0.29, 0.717) is 0 Å². The van der Waals surface area contributed by atoms with Gasteiger partial charge in [-0.05, 0) is 114 Å². The van der Waals surface area contributed by atoms with Crippen molar-refractivity contribution in [3.8, 4) is 39.1 Å². The van der Waals surface area contributed by atoms with E-state index in [1.54, 1.807) is 0 Å². The average molecular weight is 812 g/mol. The molecule has 0 saturated carbocycles. The fourth-order valence-electron chi connectivity index (χ4n) is 12.6. The van der Waals surface area contributed by atoms with E-state index in [9.17, 15) is 0 Å². The number of nitrogens with zero attached hydrogens (tertiary/aromatic N) is 1. The molecule has 0 bridgehead atoms. The zero-order valence-corrected chi connectivity index (χ0v) is 34.3. The van der Waals surface area contributed by atoms with E-state index in [4.69, 9.17) is 8.83 Å². The molecule has 11 aromatic carbocycles. The number of furan rings is 2. The maximum absolute atomic E-state index is 6.94. The molecule has 0 amide bonds. The molecule has 3 aromatic heterocycles. The first-order valence-electron chi connectivity index (χ1n) is 22.2. The molecule has 0 aliphatic heterocycles. The predicted octanol–water partition coefficient (Wildman–Crippen LogP) is 16.3. The molecule has 2 aliphatic rings. The Morgan fingerprint density at radius 3 is 1.66 bits per heavy atom. The van der Waals surface area contributed by atoms with Gasteiger partial charge in [0, 0.05) is 32.5 Å². The molecule has 0 fully saturated rings. The van der Waals surface area contributed by atoms with Gasteiger partial charge < -0.3 is 13.4 Å². The Balaban J connectivity index is 0.979. The number of rotatable bonds is 2. The topological polar surface area (TPSA) is 31.2 Å². The summed E-state index contributed by atoms with van der Waals surface area (Å²) < 4.78 is 15.9. The first-order valence-corrected chi connectivity index (χ1v) is 22.2. The zero-order valence-electron chi connectivity index (χ0n) is 34.3. The zero-order chi connectivity index (χ0) is 41.4. The van der Waals surface area contributed by atoms with Crippen molar-refractivity contribution in [2.75, 3.05) is 0 Å². The molecule has 3 heteroatoms. The summed E-state index contributed by atoms with van der Waals surface area (Å²) in [7, 11) is 0. The molecular formula is C61H33NO2. The van der Waals surface area contributed by atoms with Crippen molar-refractivity contribution >= 4 is 87.2 Å². The minimum atomic E-state index is -0.437. The van der Waals surface area contributed by atoms with Gasteiger partial charge in [-0.3, -0.25) is 0 Å². The van der Waals surface area contributed by atoms with Crippen LogP contribution in [0.25, 0.3) is 126 Å². The standard InChI is InChI=1S/C61H33NO2/c1-5-21-45-36(13-1)37-14-2-6-22-46(37)61(45)47-23-7-3-16-42(47)56-48(61)32-31-41-38-15-4-8-24-49(38)62(60(41)56)50-25-12-28-51-57(50)43-30-29-34(33-54(43)64-51)35-17-9-18-39-40-19-10-26-52-58(40)59-44(55(35)39)20-11-27-53(59)63-52/h1-33H. The smallest absolute Gasteiger partial charge is 0.137 e. The highest BCUT2D eigenvalue weighted by Gasteiger charge is 2.52. The molecule has 0 N–H and O–H groups in total. The summed E-state index contributed by atoms with van der Waals surface area (Å²) in [6.45, 7) is 0. The van der Waals surface area contributed by atoms with Crippen molar-refractivity contribution in [2.24, 2.45) is 0 Å². The minimum Gasteiger partial charge on any atom is -0.456 e. The third-order valence-corrected chi connectivity index (χ3v) is 15.0. The van der Waals surface area contributed by atoms with Gasteiger partial charge in [-0.2, -0.15) is 0 Å². The fourth-order valence-corrected chi connectivity index (χ4v) is 12.6. The average Bonchev–Trinajstić information content (AvgIpc) is 4.15. The number of para-hydroxylation sites is 1.